The first-order valence-corrected chi connectivity index (χ1v) is 9.63. The van der Waals surface area contributed by atoms with Gasteiger partial charge in [0.2, 0.25) is 0 Å². The van der Waals surface area contributed by atoms with E-state index in [0.29, 0.717) is 0 Å². The monoisotopic (exact) mass is 380 g/mol. The molecule has 0 radical (unpaired) electrons. The second-order valence-electron chi connectivity index (χ2n) is 7.72. The quantitative estimate of drug-likeness (QED) is 0.726. The minimum absolute atomic E-state index is 0.0256. The zero-order valence-corrected chi connectivity index (χ0v) is 16.3. The lowest BCUT2D eigenvalue weighted by atomic mass is 10.0. The van der Waals surface area contributed by atoms with Crippen LogP contribution in [0.5, 0.6) is 0 Å². The van der Waals surface area contributed by atoms with Crippen molar-refractivity contribution >= 4 is 16.6 Å². The van der Waals surface area contributed by atoms with Gasteiger partial charge in [-0.15, -0.1) is 10.2 Å². The minimum atomic E-state index is -0.260. The van der Waals surface area contributed by atoms with E-state index in [1.54, 1.807) is 12.1 Å². The van der Waals surface area contributed by atoms with Crippen LogP contribution in [0.2, 0.25) is 0 Å². The van der Waals surface area contributed by atoms with Crippen molar-refractivity contribution in [2.75, 3.05) is 38.2 Å². The predicted octanol–water partition coefficient (Wildman–Crippen LogP) is 3.96. The zero-order valence-electron chi connectivity index (χ0n) is 16.3. The summed E-state index contributed by atoms with van der Waals surface area (Å²) >= 11 is 0. The lowest BCUT2D eigenvalue weighted by Gasteiger charge is -2.41. The number of nitrogens with one attached hydrogen (secondary N) is 1. The van der Waals surface area contributed by atoms with E-state index in [9.17, 15) is 4.39 Å². The van der Waals surface area contributed by atoms with E-state index in [1.165, 1.54) is 12.1 Å². The lowest BCUT2D eigenvalue weighted by molar-refractivity contribution is -0.00570. The molecule has 5 nitrogen and oxygen atoms in total. The smallest absolute Gasteiger partial charge is 0.156 e. The Morgan fingerprint density at radius 2 is 1.68 bits per heavy atom. The number of morpholine rings is 1. The molecule has 0 unspecified atom stereocenters. The van der Waals surface area contributed by atoms with Gasteiger partial charge in [0.15, 0.2) is 5.82 Å². The van der Waals surface area contributed by atoms with Gasteiger partial charge in [0, 0.05) is 41.5 Å². The number of nitrogens with zero attached hydrogens (tertiary/aromatic N) is 3. The third-order valence-corrected chi connectivity index (χ3v) is 5.36. The fourth-order valence-electron chi connectivity index (χ4n) is 3.64. The summed E-state index contributed by atoms with van der Waals surface area (Å²) in [5.41, 5.74) is 1.58. The Kier molecular flexibility index (Phi) is 5.24. The predicted molar refractivity (Wildman–Crippen MR) is 110 cm³/mol. The highest BCUT2D eigenvalue weighted by atomic mass is 19.1. The standard InChI is InChI=1S/C22H25FN4O/c1-22(2,27-11-13-28-14-12-27)15-24-21-19-6-4-3-5-18(19)20(25-26-21)16-7-9-17(23)10-8-16/h3-10H,11-15H2,1-2H3,(H,24,26). The largest absolute Gasteiger partial charge is 0.379 e. The van der Waals surface area contributed by atoms with Crippen molar-refractivity contribution in [3.8, 4) is 11.3 Å². The molecule has 0 atom stereocenters. The highest BCUT2D eigenvalue weighted by Crippen LogP contribution is 2.30. The maximum atomic E-state index is 13.3. The van der Waals surface area contributed by atoms with Gasteiger partial charge >= 0.3 is 0 Å². The maximum absolute atomic E-state index is 13.3. The van der Waals surface area contributed by atoms with Gasteiger partial charge in [0.25, 0.3) is 0 Å². The number of anilines is 1. The highest BCUT2D eigenvalue weighted by molar-refractivity contribution is 5.99. The molecule has 0 saturated carbocycles. The van der Waals surface area contributed by atoms with E-state index in [0.717, 1.165) is 60.7 Å². The van der Waals surface area contributed by atoms with Gasteiger partial charge in [0.1, 0.15) is 11.5 Å². The number of hydrogen-bond donors (Lipinski definition) is 1. The van der Waals surface area contributed by atoms with Crippen LogP contribution < -0.4 is 5.32 Å². The molecule has 0 aliphatic carbocycles. The summed E-state index contributed by atoms with van der Waals surface area (Å²) in [7, 11) is 0. The summed E-state index contributed by atoms with van der Waals surface area (Å²) in [5.74, 6) is 0.507. The molecule has 1 saturated heterocycles. The molecule has 2 aromatic carbocycles. The number of fused-ring (bicyclic) bond motifs is 1. The van der Waals surface area contributed by atoms with Crippen LogP contribution in [0, 0.1) is 5.82 Å². The number of hydrogen-bond acceptors (Lipinski definition) is 5. The first-order chi connectivity index (χ1) is 13.5. The van der Waals surface area contributed by atoms with Crippen molar-refractivity contribution in [2.45, 2.75) is 19.4 Å². The molecule has 146 valence electrons. The molecule has 4 rings (SSSR count). The van der Waals surface area contributed by atoms with E-state index < -0.39 is 0 Å². The number of benzene rings is 2. The zero-order chi connectivity index (χ0) is 19.6. The molecule has 0 amide bonds. The Balaban J connectivity index is 1.62. The average molecular weight is 380 g/mol. The lowest BCUT2D eigenvalue weighted by Crippen LogP contribution is -2.53. The van der Waals surface area contributed by atoms with Crippen molar-refractivity contribution in [3.63, 3.8) is 0 Å². The molecule has 0 spiro atoms. The van der Waals surface area contributed by atoms with Gasteiger partial charge in [-0.3, -0.25) is 4.90 Å². The van der Waals surface area contributed by atoms with Gasteiger partial charge in [0.05, 0.1) is 13.2 Å². The number of rotatable bonds is 5. The van der Waals surface area contributed by atoms with Crippen molar-refractivity contribution in [3.05, 3.63) is 54.3 Å². The first kappa shape index (κ1) is 18.8. The number of aromatic nitrogens is 2. The molecule has 1 aliphatic heterocycles. The van der Waals surface area contributed by atoms with Crippen molar-refractivity contribution in [1.82, 2.24) is 15.1 Å². The molecule has 28 heavy (non-hydrogen) atoms. The minimum Gasteiger partial charge on any atom is -0.379 e. The second kappa shape index (κ2) is 7.81. The highest BCUT2D eigenvalue weighted by Gasteiger charge is 2.28. The Labute approximate surface area is 164 Å². The van der Waals surface area contributed by atoms with Crippen molar-refractivity contribution < 1.29 is 9.13 Å². The summed E-state index contributed by atoms with van der Waals surface area (Å²) in [6.07, 6.45) is 0. The van der Waals surface area contributed by atoms with Crippen LogP contribution in [0.25, 0.3) is 22.0 Å². The molecule has 1 aromatic heterocycles. The first-order valence-electron chi connectivity index (χ1n) is 9.63. The normalized spacial score (nSPS) is 15.7. The summed E-state index contributed by atoms with van der Waals surface area (Å²) in [6, 6.07) is 14.4. The summed E-state index contributed by atoms with van der Waals surface area (Å²) in [6.45, 7) is 8.63. The third kappa shape index (κ3) is 3.84. The van der Waals surface area contributed by atoms with Crippen LogP contribution in [0.4, 0.5) is 10.2 Å². The van der Waals surface area contributed by atoms with Gasteiger partial charge < -0.3 is 10.1 Å². The molecule has 6 heteroatoms. The van der Waals surface area contributed by atoms with Gasteiger partial charge in [-0.25, -0.2) is 4.39 Å². The molecular weight excluding hydrogens is 355 g/mol. The Bertz CT molecular complexity index is 952. The van der Waals surface area contributed by atoms with Crippen LogP contribution in [-0.4, -0.2) is 53.5 Å². The van der Waals surface area contributed by atoms with Crippen molar-refractivity contribution in [2.24, 2.45) is 0 Å². The number of ether oxygens (including phenoxy) is 1. The summed E-state index contributed by atoms with van der Waals surface area (Å²) in [4.78, 5) is 2.44. The van der Waals surface area contributed by atoms with Crippen LogP contribution >= 0.6 is 0 Å². The van der Waals surface area contributed by atoms with E-state index >= 15 is 0 Å². The van der Waals surface area contributed by atoms with Gasteiger partial charge in [-0.1, -0.05) is 24.3 Å². The van der Waals surface area contributed by atoms with E-state index in [2.05, 4.69) is 34.3 Å². The molecule has 1 aliphatic rings. The molecule has 2 heterocycles. The fourth-order valence-corrected chi connectivity index (χ4v) is 3.64. The third-order valence-electron chi connectivity index (χ3n) is 5.36. The van der Waals surface area contributed by atoms with E-state index in [4.69, 9.17) is 4.74 Å². The maximum Gasteiger partial charge on any atom is 0.156 e. The van der Waals surface area contributed by atoms with E-state index in [-0.39, 0.29) is 11.4 Å². The molecule has 1 N–H and O–H groups in total. The molecule has 0 bridgehead atoms. The molecule has 1 fully saturated rings. The number of halogens is 1. The van der Waals surface area contributed by atoms with Crippen molar-refractivity contribution in [1.29, 1.82) is 0 Å². The van der Waals surface area contributed by atoms with Gasteiger partial charge in [-0.05, 0) is 38.1 Å². The topological polar surface area (TPSA) is 50.3 Å². The summed E-state index contributed by atoms with van der Waals surface area (Å²) < 4.78 is 18.8. The molecule has 3 aromatic rings. The molecular formula is C22H25FN4O. The fraction of sp³-hybridized carbons (Fsp3) is 0.364. The van der Waals surface area contributed by atoms with Crippen LogP contribution in [0.15, 0.2) is 48.5 Å². The SMILES string of the molecule is CC(C)(CNc1nnc(-c2ccc(F)cc2)c2ccccc12)N1CCOCC1. The Hall–Kier alpha value is -2.57. The summed E-state index contributed by atoms with van der Waals surface area (Å²) in [5, 5.41) is 14.4. The van der Waals surface area contributed by atoms with Crippen LogP contribution in [-0.2, 0) is 4.74 Å². The average Bonchev–Trinajstić information content (AvgIpc) is 2.73. The van der Waals surface area contributed by atoms with Crippen LogP contribution in [0.1, 0.15) is 13.8 Å². The van der Waals surface area contributed by atoms with Crippen LogP contribution in [0.3, 0.4) is 0 Å². The second-order valence-corrected chi connectivity index (χ2v) is 7.72. The van der Waals surface area contributed by atoms with Gasteiger partial charge in [-0.2, -0.15) is 0 Å². The Morgan fingerprint density at radius 1 is 1.00 bits per heavy atom. The van der Waals surface area contributed by atoms with E-state index in [1.807, 2.05) is 24.3 Å². The Morgan fingerprint density at radius 3 is 2.39 bits per heavy atom.